The van der Waals surface area contributed by atoms with Gasteiger partial charge in [0.15, 0.2) is 0 Å². The fourth-order valence-corrected chi connectivity index (χ4v) is 3.07. The van der Waals surface area contributed by atoms with Crippen LogP contribution >= 0.6 is 15.9 Å². The van der Waals surface area contributed by atoms with Gasteiger partial charge in [0.25, 0.3) is 0 Å². The quantitative estimate of drug-likeness (QED) is 0.780. The molecule has 2 aliphatic rings. The van der Waals surface area contributed by atoms with E-state index in [9.17, 15) is 0 Å². The highest BCUT2D eigenvalue weighted by atomic mass is 79.9. The minimum absolute atomic E-state index is 0.342. The van der Waals surface area contributed by atoms with Gasteiger partial charge in [-0.25, -0.2) is 0 Å². The molecule has 1 atom stereocenters. The van der Waals surface area contributed by atoms with E-state index in [4.69, 9.17) is 4.74 Å². The Balaban J connectivity index is 2.10. The van der Waals surface area contributed by atoms with E-state index in [2.05, 4.69) is 39.4 Å². The van der Waals surface area contributed by atoms with Crippen LogP contribution in [0.4, 0.5) is 0 Å². The van der Waals surface area contributed by atoms with Crippen LogP contribution in [0.1, 0.15) is 18.4 Å². The Kier molecular flexibility index (Phi) is 2.25. The summed E-state index contributed by atoms with van der Waals surface area (Å²) in [7, 11) is 0. The summed E-state index contributed by atoms with van der Waals surface area (Å²) >= 11 is 3.49. The SMILES string of the molecule is Brc1ccc2c(c1)OCCC21CCNC1. The van der Waals surface area contributed by atoms with E-state index in [0.717, 1.165) is 36.3 Å². The van der Waals surface area contributed by atoms with Crippen LogP contribution in [-0.2, 0) is 5.41 Å². The summed E-state index contributed by atoms with van der Waals surface area (Å²) < 4.78 is 6.83. The Morgan fingerprint density at radius 2 is 2.27 bits per heavy atom. The van der Waals surface area contributed by atoms with Crippen molar-refractivity contribution in [1.29, 1.82) is 0 Å². The molecule has 0 amide bonds. The van der Waals surface area contributed by atoms with Gasteiger partial charge < -0.3 is 10.1 Å². The zero-order chi connectivity index (χ0) is 10.3. The fraction of sp³-hybridized carbons (Fsp3) is 0.500. The maximum atomic E-state index is 5.73. The molecule has 0 bridgehead atoms. The van der Waals surface area contributed by atoms with Crippen LogP contribution in [0.5, 0.6) is 5.75 Å². The number of fused-ring (bicyclic) bond motifs is 2. The first kappa shape index (κ1) is 9.67. The first-order valence-electron chi connectivity index (χ1n) is 5.44. The highest BCUT2D eigenvalue weighted by Gasteiger charge is 2.39. The zero-order valence-corrected chi connectivity index (χ0v) is 10.1. The van der Waals surface area contributed by atoms with Crippen molar-refractivity contribution in [2.75, 3.05) is 19.7 Å². The van der Waals surface area contributed by atoms with E-state index in [1.807, 2.05) is 0 Å². The van der Waals surface area contributed by atoms with E-state index in [1.54, 1.807) is 0 Å². The summed E-state index contributed by atoms with van der Waals surface area (Å²) in [5.74, 6) is 1.07. The molecule has 2 heterocycles. The van der Waals surface area contributed by atoms with E-state index in [0.29, 0.717) is 5.41 Å². The predicted molar refractivity (Wildman–Crippen MR) is 63.4 cm³/mol. The smallest absolute Gasteiger partial charge is 0.124 e. The van der Waals surface area contributed by atoms with Crippen LogP contribution < -0.4 is 10.1 Å². The summed E-state index contributed by atoms with van der Waals surface area (Å²) in [4.78, 5) is 0. The van der Waals surface area contributed by atoms with E-state index < -0.39 is 0 Å². The maximum absolute atomic E-state index is 5.73. The second-order valence-corrected chi connectivity index (χ2v) is 5.36. The molecule has 0 radical (unpaired) electrons. The van der Waals surface area contributed by atoms with Gasteiger partial charge >= 0.3 is 0 Å². The normalized spacial score (nSPS) is 28.9. The molecule has 1 unspecified atom stereocenters. The molecular formula is C12H14BrNO. The van der Waals surface area contributed by atoms with Crippen molar-refractivity contribution >= 4 is 15.9 Å². The summed E-state index contributed by atoms with van der Waals surface area (Å²) in [6.07, 6.45) is 2.39. The van der Waals surface area contributed by atoms with Gasteiger partial charge in [-0.1, -0.05) is 22.0 Å². The molecule has 0 aliphatic carbocycles. The largest absolute Gasteiger partial charge is 0.493 e. The second kappa shape index (κ2) is 3.49. The molecule has 1 aromatic rings. The topological polar surface area (TPSA) is 21.3 Å². The molecule has 0 aromatic heterocycles. The molecule has 80 valence electrons. The number of hydrogen-bond donors (Lipinski definition) is 1. The number of benzene rings is 1. The summed E-state index contributed by atoms with van der Waals surface area (Å²) in [6, 6.07) is 6.42. The van der Waals surface area contributed by atoms with Crippen molar-refractivity contribution < 1.29 is 4.74 Å². The third-order valence-corrected chi connectivity index (χ3v) is 4.09. The fourth-order valence-electron chi connectivity index (χ4n) is 2.73. The Labute approximate surface area is 98.1 Å². The lowest BCUT2D eigenvalue weighted by atomic mass is 9.75. The van der Waals surface area contributed by atoms with Crippen LogP contribution in [0.3, 0.4) is 0 Å². The molecule has 15 heavy (non-hydrogen) atoms. The summed E-state index contributed by atoms with van der Waals surface area (Å²) in [5, 5.41) is 3.47. The first-order valence-corrected chi connectivity index (χ1v) is 6.23. The number of nitrogens with one attached hydrogen (secondary N) is 1. The van der Waals surface area contributed by atoms with Crippen molar-refractivity contribution in [3.05, 3.63) is 28.2 Å². The maximum Gasteiger partial charge on any atom is 0.124 e. The Hall–Kier alpha value is -0.540. The van der Waals surface area contributed by atoms with Crippen molar-refractivity contribution in [1.82, 2.24) is 5.32 Å². The minimum Gasteiger partial charge on any atom is -0.493 e. The van der Waals surface area contributed by atoms with Gasteiger partial charge in [0, 0.05) is 22.0 Å². The van der Waals surface area contributed by atoms with Gasteiger partial charge in [0.2, 0.25) is 0 Å². The highest BCUT2D eigenvalue weighted by Crippen LogP contribution is 2.43. The Morgan fingerprint density at radius 3 is 3.07 bits per heavy atom. The molecule has 3 rings (SSSR count). The Bertz CT molecular complexity index is 385. The van der Waals surface area contributed by atoms with Gasteiger partial charge in [0.1, 0.15) is 5.75 Å². The molecule has 1 N–H and O–H groups in total. The number of hydrogen-bond acceptors (Lipinski definition) is 2. The van der Waals surface area contributed by atoms with Crippen LogP contribution in [0.25, 0.3) is 0 Å². The van der Waals surface area contributed by atoms with Gasteiger partial charge in [-0.05, 0) is 31.5 Å². The van der Waals surface area contributed by atoms with Crippen molar-refractivity contribution in [2.45, 2.75) is 18.3 Å². The summed E-state index contributed by atoms with van der Waals surface area (Å²) in [6.45, 7) is 3.09. The molecule has 1 saturated heterocycles. The van der Waals surface area contributed by atoms with E-state index in [1.165, 1.54) is 12.0 Å². The van der Waals surface area contributed by atoms with Gasteiger partial charge in [-0.2, -0.15) is 0 Å². The minimum atomic E-state index is 0.342. The standard InChI is InChI=1S/C12H14BrNO/c13-9-1-2-10-11(7-9)15-6-4-12(10)3-5-14-8-12/h1-2,7,14H,3-6,8H2. The van der Waals surface area contributed by atoms with Crippen molar-refractivity contribution in [2.24, 2.45) is 0 Å². The van der Waals surface area contributed by atoms with E-state index in [-0.39, 0.29) is 0 Å². The van der Waals surface area contributed by atoms with E-state index >= 15 is 0 Å². The van der Waals surface area contributed by atoms with Gasteiger partial charge in [0.05, 0.1) is 6.61 Å². The number of halogens is 1. The second-order valence-electron chi connectivity index (χ2n) is 4.45. The molecule has 2 aliphatic heterocycles. The lowest BCUT2D eigenvalue weighted by Gasteiger charge is -2.35. The van der Waals surface area contributed by atoms with Crippen molar-refractivity contribution in [3.8, 4) is 5.75 Å². The molecular weight excluding hydrogens is 254 g/mol. The Morgan fingerprint density at radius 1 is 1.33 bits per heavy atom. The number of rotatable bonds is 0. The highest BCUT2D eigenvalue weighted by molar-refractivity contribution is 9.10. The lowest BCUT2D eigenvalue weighted by Crippen LogP contribution is -2.34. The number of ether oxygens (including phenoxy) is 1. The third-order valence-electron chi connectivity index (χ3n) is 3.60. The molecule has 1 fully saturated rings. The van der Waals surface area contributed by atoms with Gasteiger partial charge in [-0.15, -0.1) is 0 Å². The lowest BCUT2D eigenvalue weighted by molar-refractivity contribution is 0.223. The average Bonchev–Trinajstić information content (AvgIpc) is 2.67. The molecule has 1 aromatic carbocycles. The van der Waals surface area contributed by atoms with Crippen LogP contribution in [0, 0.1) is 0 Å². The van der Waals surface area contributed by atoms with Gasteiger partial charge in [-0.3, -0.25) is 0 Å². The van der Waals surface area contributed by atoms with Crippen LogP contribution in [-0.4, -0.2) is 19.7 Å². The third kappa shape index (κ3) is 1.49. The molecule has 2 nitrogen and oxygen atoms in total. The zero-order valence-electron chi connectivity index (χ0n) is 8.55. The molecule has 1 spiro atoms. The first-order chi connectivity index (χ1) is 7.30. The van der Waals surface area contributed by atoms with Crippen LogP contribution in [0.15, 0.2) is 22.7 Å². The monoisotopic (exact) mass is 267 g/mol. The van der Waals surface area contributed by atoms with Crippen LogP contribution in [0.2, 0.25) is 0 Å². The summed E-state index contributed by atoms with van der Waals surface area (Å²) in [5.41, 5.74) is 1.73. The molecule has 3 heteroatoms. The predicted octanol–water partition coefficient (Wildman–Crippen LogP) is 2.46. The van der Waals surface area contributed by atoms with Crippen molar-refractivity contribution in [3.63, 3.8) is 0 Å². The molecule has 0 saturated carbocycles. The average molecular weight is 268 g/mol.